The number of hydrogen-bond donors (Lipinski definition) is 2. The number of pyridine rings is 2. The van der Waals surface area contributed by atoms with E-state index in [0.717, 1.165) is 58.4 Å². The molecule has 7 rings (SSSR count). The smallest absolute Gasteiger partial charge is 0.137 e. The predicted octanol–water partition coefficient (Wildman–Crippen LogP) is 5.21. The molecule has 47 heavy (non-hydrogen) atoms. The molecule has 0 aliphatic carbocycles. The lowest BCUT2D eigenvalue weighted by Gasteiger charge is -2.38. The molecule has 0 spiro atoms. The molecule has 0 saturated carbocycles. The Kier molecular flexibility index (Phi) is 8.54. The highest BCUT2D eigenvalue weighted by Crippen LogP contribution is 2.35. The number of piperidine rings is 1. The van der Waals surface area contributed by atoms with Crippen LogP contribution in [0.3, 0.4) is 0 Å². The average Bonchev–Trinajstić information content (AvgIpc) is 3.72. The maximum Gasteiger partial charge on any atom is 0.137 e. The van der Waals surface area contributed by atoms with E-state index >= 15 is 0 Å². The molecule has 4 aromatic heterocycles. The van der Waals surface area contributed by atoms with Crippen molar-refractivity contribution in [3.05, 3.63) is 127 Å². The van der Waals surface area contributed by atoms with Gasteiger partial charge in [0.05, 0.1) is 12.1 Å². The quantitative estimate of drug-likeness (QED) is 0.213. The third-order valence-electron chi connectivity index (χ3n) is 8.77. The molecule has 0 unspecified atom stereocenters. The van der Waals surface area contributed by atoms with Crippen LogP contribution in [0.5, 0.6) is 0 Å². The second-order valence-corrected chi connectivity index (χ2v) is 12.0. The minimum Gasteiger partial charge on any atom is -0.382 e. The lowest BCUT2D eigenvalue weighted by Crippen LogP contribution is -2.49. The molecule has 1 atom stereocenters. The van der Waals surface area contributed by atoms with E-state index in [1.165, 1.54) is 35.5 Å². The van der Waals surface area contributed by atoms with Crippen LogP contribution < -0.4 is 5.32 Å². The van der Waals surface area contributed by atoms with Gasteiger partial charge < -0.3 is 10.4 Å². The number of hydrogen-bond acceptors (Lipinski definition) is 7. The van der Waals surface area contributed by atoms with Crippen molar-refractivity contribution in [1.82, 2.24) is 39.6 Å². The number of aromatic nitrogens is 6. The van der Waals surface area contributed by atoms with Gasteiger partial charge in [-0.3, -0.25) is 9.88 Å². The monoisotopic (exact) mass is 638 g/mol. The molecule has 2 N–H and O–H groups in total. The highest BCUT2D eigenvalue weighted by molar-refractivity contribution is 5.92. The molecule has 1 aliphatic rings. The van der Waals surface area contributed by atoms with Crippen molar-refractivity contribution in [3.8, 4) is 22.4 Å². The highest BCUT2D eigenvalue weighted by Gasteiger charge is 2.36. The zero-order valence-electron chi connectivity index (χ0n) is 25.5. The molecule has 1 fully saturated rings. The number of halogens is 3. The van der Waals surface area contributed by atoms with Gasteiger partial charge in [0, 0.05) is 60.5 Å². The Balaban J connectivity index is 1.03. The molecule has 12 heteroatoms. The Morgan fingerprint density at radius 2 is 1.62 bits per heavy atom. The summed E-state index contributed by atoms with van der Waals surface area (Å²) in [7, 11) is 0. The number of nitrogens with one attached hydrogen (secondary N) is 1. The lowest BCUT2D eigenvalue weighted by atomic mass is 9.91. The van der Waals surface area contributed by atoms with Crippen LogP contribution >= 0.6 is 0 Å². The third-order valence-corrected chi connectivity index (χ3v) is 8.77. The zero-order chi connectivity index (χ0) is 32.4. The van der Waals surface area contributed by atoms with Gasteiger partial charge in [-0.1, -0.05) is 12.1 Å². The Morgan fingerprint density at radius 3 is 2.34 bits per heavy atom. The van der Waals surface area contributed by atoms with Gasteiger partial charge in [-0.2, -0.15) is 10.2 Å². The molecule has 240 valence electrons. The first kappa shape index (κ1) is 30.7. The topological polar surface area (TPSA) is 96.4 Å². The molecule has 1 saturated heterocycles. The van der Waals surface area contributed by atoms with Crippen molar-refractivity contribution in [2.75, 3.05) is 19.6 Å². The molecule has 6 aromatic rings. The molecule has 9 nitrogen and oxygen atoms in total. The maximum atomic E-state index is 14.9. The second-order valence-electron chi connectivity index (χ2n) is 12.0. The van der Waals surface area contributed by atoms with Crippen molar-refractivity contribution < 1.29 is 18.3 Å². The van der Waals surface area contributed by atoms with Crippen LogP contribution in [-0.2, 0) is 18.7 Å². The van der Waals surface area contributed by atoms with Crippen LogP contribution in [0.1, 0.15) is 24.0 Å². The van der Waals surface area contributed by atoms with Gasteiger partial charge >= 0.3 is 0 Å². The minimum absolute atomic E-state index is 0.0185. The number of fused-ring (bicyclic) bond motifs is 1. The summed E-state index contributed by atoms with van der Waals surface area (Å²) < 4.78 is 45.6. The fourth-order valence-electron chi connectivity index (χ4n) is 6.41. The Morgan fingerprint density at radius 1 is 0.851 bits per heavy atom. The van der Waals surface area contributed by atoms with E-state index in [0.29, 0.717) is 19.6 Å². The van der Waals surface area contributed by atoms with Gasteiger partial charge in [-0.25, -0.2) is 27.4 Å². The summed E-state index contributed by atoms with van der Waals surface area (Å²) in [5.74, 6) is -1.79. The fraction of sp³-hybridized carbons (Fsp3) is 0.257. The summed E-state index contributed by atoms with van der Waals surface area (Å²) in [6.45, 7) is 2.15. The van der Waals surface area contributed by atoms with Gasteiger partial charge in [0.25, 0.3) is 0 Å². The van der Waals surface area contributed by atoms with Crippen molar-refractivity contribution in [3.63, 3.8) is 0 Å². The lowest BCUT2D eigenvalue weighted by molar-refractivity contribution is -0.0272. The second kappa shape index (κ2) is 13.1. The van der Waals surface area contributed by atoms with E-state index in [1.807, 2.05) is 22.8 Å². The average molecular weight is 639 g/mol. The fourth-order valence-corrected chi connectivity index (χ4v) is 6.41. The molecule has 0 bridgehead atoms. The summed E-state index contributed by atoms with van der Waals surface area (Å²) in [4.78, 5) is 10.2. The summed E-state index contributed by atoms with van der Waals surface area (Å²) in [5.41, 5.74) is 3.90. The van der Waals surface area contributed by atoms with Crippen LogP contribution in [0.25, 0.3) is 27.9 Å². The zero-order valence-corrected chi connectivity index (χ0v) is 25.5. The van der Waals surface area contributed by atoms with E-state index < -0.39 is 17.2 Å². The van der Waals surface area contributed by atoms with E-state index in [9.17, 15) is 18.3 Å². The maximum absolute atomic E-state index is 14.9. The van der Waals surface area contributed by atoms with Gasteiger partial charge in [0.15, 0.2) is 0 Å². The number of likely N-dealkylation sites (tertiary alicyclic amines) is 1. The van der Waals surface area contributed by atoms with E-state index in [-0.39, 0.29) is 30.5 Å². The molecular weight excluding hydrogens is 605 g/mol. The first-order chi connectivity index (χ1) is 22.8. The third kappa shape index (κ3) is 6.66. The Labute approximate surface area is 269 Å². The van der Waals surface area contributed by atoms with E-state index in [1.54, 1.807) is 24.5 Å². The van der Waals surface area contributed by atoms with Crippen molar-refractivity contribution >= 4 is 5.52 Å². The summed E-state index contributed by atoms with van der Waals surface area (Å²) in [5, 5.41) is 24.4. The minimum atomic E-state index is -1.63. The van der Waals surface area contributed by atoms with Gasteiger partial charge in [0.1, 0.15) is 41.4 Å². The first-order valence-corrected chi connectivity index (χ1v) is 15.5. The van der Waals surface area contributed by atoms with Crippen LogP contribution in [0.2, 0.25) is 0 Å². The predicted molar refractivity (Wildman–Crippen MR) is 170 cm³/mol. The largest absolute Gasteiger partial charge is 0.382 e. The van der Waals surface area contributed by atoms with Crippen LogP contribution in [0, 0.1) is 17.5 Å². The standard InChI is InChI=1S/C35H33F3N8O/c36-27-4-2-26(3-5-27)34-33(25-9-13-39-14-10-25)32-8-1-24(19-46(32)43-34)18-41-29-11-15-44(16-12-29)20-35(47,21-45-23-40-22-42-45)30-7-6-28(37)17-31(30)38/h1-10,13-14,17,19,22-23,29,41,47H,11-12,15-16,18,20-21H2/t35-/m1/s1. The van der Waals surface area contributed by atoms with Gasteiger partial charge in [-0.05, 0) is 85.6 Å². The summed E-state index contributed by atoms with van der Waals surface area (Å²) in [6, 6.07) is 17.9. The number of aliphatic hydroxyl groups is 1. The highest BCUT2D eigenvalue weighted by atomic mass is 19.1. The molecule has 2 aromatic carbocycles. The Bertz CT molecular complexity index is 1960. The van der Waals surface area contributed by atoms with E-state index in [2.05, 4.69) is 37.4 Å². The first-order valence-electron chi connectivity index (χ1n) is 15.5. The number of benzene rings is 2. The number of rotatable bonds is 10. The summed E-state index contributed by atoms with van der Waals surface area (Å²) in [6.07, 6.45) is 9.98. The van der Waals surface area contributed by atoms with Crippen LogP contribution in [-0.4, -0.2) is 65.0 Å². The number of β-amino-alcohol motifs (C(OH)–C–C–N with tert-alkyl or cyclic N) is 1. The molecular formula is C35H33F3N8O. The van der Waals surface area contributed by atoms with Gasteiger partial charge in [0.2, 0.25) is 0 Å². The molecule has 1 aliphatic heterocycles. The SMILES string of the molecule is O[C@](CN1CCC(NCc2ccc3c(-c4ccncc4)c(-c4ccc(F)cc4)nn3c2)CC1)(Cn1cncn1)c1ccc(F)cc1F. The van der Waals surface area contributed by atoms with Crippen molar-refractivity contribution in [2.24, 2.45) is 0 Å². The van der Waals surface area contributed by atoms with Crippen LogP contribution in [0.15, 0.2) is 98.0 Å². The normalized spacial score (nSPS) is 15.7. The van der Waals surface area contributed by atoms with Gasteiger partial charge in [-0.15, -0.1) is 0 Å². The number of nitrogens with zero attached hydrogens (tertiary/aromatic N) is 7. The Hall–Kier alpha value is -4.91. The molecule has 0 radical (unpaired) electrons. The molecule has 5 heterocycles. The van der Waals surface area contributed by atoms with E-state index in [4.69, 9.17) is 5.10 Å². The molecule has 0 amide bonds. The summed E-state index contributed by atoms with van der Waals surface area (Å²) >= 11 is 0. The van der Waals surface area contributed by atoms with Crippen molar-refractivity contribution in [2.45, 2.75) is 37.6 Å². The van der Waals surface area contributed by atoms with Crippen molar-refractivity contribution in [1.29, 1.82) is 0 Å². The van der Waals surface area contributed by atoms with Crippen LogP contribution in [0.4, 0.5) is 13.2 Å².